The zero-order valence-corrected chi connectivity index (χ0v) is 20.3. The summed E-state index contributed by atoms with van der Waals surface area (Å²) < 4.78 is 27.2. The number of hydrogen-bond donors (Lipinski definition) is 1. The fourth-order valence-electron chi connectivity index (χ4n) is 4.72. The van der Waals surface area contributed by atoms with Crippen LogP contribution in [0.5, 0.6) is 0 Å². The maximum absolute atomic E-state index is 12.9. The van der Waals surface area contributed by atoms with Crippen LogP contribution in [-0.2, 0) is 26.0 Å². The first kappa shape index (κ1) is 24.7. The number of nitrogens with zero attached hydrogens (tertiary/aromatic N) is 3. The second kappa shape index (κ2) is 10.8. The molecule has 0 aromatic heterocycles. The van der Waals surface area contributed by atoms with E-state index in [1.54, 1.807) is 26.0 Å². The van der Waals surface area contributed by atoms with E-state index in [1.807, 2.05) is 0 Å². The number of nitrogens with one attached hydrogen (secondary N) is 1. The Hall–Kier alpha value is -1.97. The van der Waals surface area contributed by atoms with Crippen molar-refractivity contribution in [3.8, 4) is 0 Å². The number of anilines is 1. The lowest BCUT2D eigenvalue weighted by Crippen LogP contribution is -2.47. The number of fused-ring (bicyclic) bond motifs is 1. The van der Waals surface area contributed by atoms with Gasteiger partial charge in [-0.2, -0.15) is 4.31 Å². The van der Waals surface area contributed by atoms with Gasteiger partial charge in [-0.05, 0) is 62.7 Å². The van der Waals surface area contributed by atoms with Gasteiger partial charge < -0.3 is 10.2 Å². The molecule has 0 radical (unpaired) electrons. The summed E-state index contributed by atoms with van der Waals surface area (Å²) in [6.07, 6.45) is 4.97. The molecule has 8 nitrogen and oxygen atoms in total. The van der Waals surface area contributed by atoms with E-state index in [1.165, 1.54) is 41.5 Å². The molecule has 2 amide bonds. The Bertz CT molecular complexity index is 924. The molecule has 32 heavy (non-hydrogen) atoms. The Morgan fingerprint density at radius 1 is 1.12 bits per heavy atom. The number of benzene rings is 1. The quantitative estimate of drug-likeness (QED) is 0.565. The number of rotatable bonds is 9. The Morgan fingerprint density at radius 3 is 2.44 bits per heavy atom. The number of sulfonamides is 1. The van der Waals surface area contributed by atoms with E-state index < -0.39 is 16.1 Å². The second-order valence-electron chi connectivity index (χ2n) is 8.54. The Morgan fingerprint density at radius 2 is 1.81 bits per heavy atom. The third-order valence-corrected chi connectivity index (χ3v) is 8.47. The molecule has 1 N–H and O–H groups in total. The van der Waals surface area contributed by atoms with E-state index in [-0.39, 0.29) is 16.7 Å². The zero-order valence-electron chi connectivity index (χ0n) is 19.5. The second-order valence-corrected chi connectivity index (χ2v) is 10.5. The van der Waals surface area contributed by atoms with Gasteiger partial charge in [-0.3, -0.25) is 14.5 Å². The minimum Gasteiger partial charge on any atom is -0.354 e. The summed E-state index contributed by atoms with van der Waals surface area (Å²) in [6, 6.07) is 4.14. The van der Waals surface area contributed by atoms with E-state index in [0.717, 1.165) is 26.1 Å². The maximum Gasteiger partial charge on any atom is 0.243 e. The molecule has 3 rings (SSSR count). The van der Waals surface area contributed by atoms with E-state index in [9.17, 15) is 18.0 Å². The van der Waals surface area contributed by atoms with Crippen molar-refractivity contribution in [2.45, 2.75) is 63.8 Å². The number of hydrogen-bond acceptors (Lipinski definition) is 5. The standard InChI is InChI=1S/C23H36N4O4S/c1-4-26(5-2)32(30,31)20-10-11-21-19(16-20)17-22(27(21)18(3)28)23(29)24-12-9-15-25-13-7-6-8-14-25/h10-11,16,22H,4-9,12-15,17H2,1-3H3,(H,24,29)/t22-/m0/s1. The highest BCUT2D eigenvalue weighted by Crippen LogP contribution is 2.34. The first-order chi connectivity index (χ1) is 15.3. The van der Waals surface area contributed by atoms with Crippen molar-refractivity contribution >= 4 is 27.5 Å². The fraction of sp³-hybridized carbons (Fsp3) is 0.652. The van der Waals surface area contributed by atoms with Crippen molar-refractivity contribution in [1.29, 1.82) is 0 Å². The summed E-state index contributed by atoms with van der Waals surface area (Å²) in [6.45, 7) is 9.60. The number of amides is 2. The summed E-state index contributed by atoms with van der Waals surface area (Å²) >= 11 is 0. The van der Waals surface area contributed by atoms with Crippen LogP contribution in [0.15, 0.2) is 23.1 Å². The molecule has 1 aromatic rings. The molecular weight excluding hydrogens is 428 g/mol. The molecule has 2 aliphatic rings. The molecule has 0 unspecified atom stereocenters. The average Bonchev–Trinajstić information content (AvgIpc) is 3.17. The molecule has 2 heterocycles. The molecular formula is C23H36N4O4S. The molecule has 1 fully saturated rings. The summed E-state index contributed by atoms with van der Waals surface area (Å²) in [7, 11) is -3.60. The highest BCUT2D eigenvalue weighted by atomic mass is 32.2. The third kappa shape index (κ3) is 5.32. The van der Waals surface area contributed by atoms with Crippen LogP contribution in [0.1, 0.15) is 52.0 Å². The van der Waals surface area contributed by atoms with Crippen LogP contribution in [0, 0.1) is 0 Å². The predicted octanol–water partition coefficient (Wildman–Crippen LogP) is 1.99. The van der Waals surface area contributed by atoms with Gasteiger partial charge in [-0.15, -0.1) is 0 Å². The normalized spacial score (nSPS) is 19.2. The molecule has 0 spiro atoms. The van der Waals surface area contributed by atoms with Gasteiger partial charge in [0.15, 0.2) is 0 Å². The molecule has 178 valence electrons. The predicted molar refractivity (Wildman–Crippen MR) is 125 cm³/mol. The van der Waals surface area contributed by atoms with Crippen molar-refractivity contribution in [1.82, 2.24) is 14.5 Å². The van der Waals surface area contributed by atoms with E-state index >= 15 is 0 Å². The molecule has 1 atom stereocenters. The molecule has 0 bridgehead atoms. The number of likely N-dealkylation sites (tertiary alicyclic amines) is 1. The summed E-state index contributed by atoms with van der Waals surface area (Å²) in [5.74, 6) is -0.417. The lowest BCUT2D eigenvalue weighted by Gasteiger charge is -2.26. The van der Waals surface area contributed by atoms with Crippen molar-refractivity contribution < 1.29 is 18.0 Å². The summed E-state index contributed by atoms with van der Waals surface area (Å²) in [5, 5.41) is 2.98. The van der Waals surface area contributed by atoms with Gasteiger partial charge in [0.2, 0.25) is 21.8 Å². The van der Waals surface area contributed by atoms with Crippen LogP contribution >= 0.6 is 0 Å². The summed E-state index contributed by atoms with van der Waals surface area (Å²) in [5.41, 5.74) is 1.33. The third-order valence-electron chi connectivity index (χ3n) is 6.42. The SMILES string of the molecule is CCN(CC)S(=O)(=O)c1ccc2c(c1)C[C@@H](C(=O)NCCCN1CCCCC1)N2C(C)=O. The zero-order chi connectivity index (χ0) is 23.3. The van der Waals surface area contributed by atoms with Crippen LogP contribution in [-0.4, -0.2) is 74.7 Å². The van der Waals surface area contributed by atoms with Gasteiger partial charge in [0.1, 0.15) is 6.04 Å². The van der Waals surface area contributed by atoms with E-state index in [4.69, 9.17) is 0 Å². The van der Waals surface area contributed by atoms with Crippen LogP contribution in [0.3, 0.4) is 0 Å². The number of piperidine rings is 1. The lowest BCUT2D eigenvalue weighted by molar-refractivity contribution is -0.125. The largest absolute Gasteiger partial charge is 0.354 e. The minimum atomic E-state index is -3.60. The van der Waals surface area contributed by atoms with Gasteiger partial charge in [-0.25, -0.2) is 8.42 Å². The van der Waals surface area contributed by atoms with Crippen LogP contribution < -0.4 is 10.2 Å². The molecule has 0 aliphatic carbocycles. The Kier molecular flexibility index (Phi) is 8.30. The monoisotopic (exact) mass is 464 g/mol. The van der Waals surface area contributed by atoms with Crippen molar-refractivity contribution in [2.75, 3.05) is 44.2 Å². The smallest absolute Gasteiger partial charge is 0.243 e. The number of carbonyl (C=O) groups excluding carboxylic acids is 2. The van der Waals surface area contributed by atoms with Crippen LogP contribution in [0.2, 0.25) is 0 Å². The Balaban J connectivity index is 1.67. The van der Waals surface area contributed by atoms with E-state index in [0.29, 0.717) is 37.3 Å². The molecule has 0 saturated carbocycles. The maximum atomic E-state index is 12.9. The van der Waals surface area contributed by atoms with Crippen molar-refractivity contribution in [2.24, 2.45) is 0 Å². The molecule has 1 aromatic carbocycles. The van der Waals surface area contributed by atoms with E-state index in [2.05, 4.69) is 10.2 Å². The van der Waals surface area contributed by atoms with Crippen LogP contribution in [0.25, 0.3) is 0 Å². The molecule has 1 saturated heterocycles. The Labute approximate surface area is 192 Å². The topological polar surface area (TPSA) is 90.0 Å². The highest BCUT2D eigenvalue weighted by molar-refractivity contribution is 7.89. The lowest BCUT2D eigenvalue weighted by atomic mass is 10.1. The van der Waals surface area contributed by atoms with Crippen molar-refractivity contribution in [3.63, 3.8) is 0 Å². The first-order valence-electron chi connectivity index (χ1n) is 11.7. The highest BCUT2D eigenvalue weighted by Gasteiger charge is 2.37. The number of carbonyl (C=O) groups is 2. The van der Waals surface area contributed by atoms with Gasteiger partial charge in [0.25, 0.3) is 0 Å². The van der Waals surface area contributed by atoms with Crippen LogP contribution in [0.4, 0.5) is 5.69 Å². The fourth-order valence-corrected chi connectivity index (χ4v) is 6.22. The minimum absolute atomic E-state index is 0.191. The van der Waals surface area contributed by atoms with Gasteiger partial charge in [-0.1, -0.05) is 20.3 Å². The van der Waals surface area contributed by atoms with Crippen molar-refractivity contribution in [3.05, 3.63) is 23.8 Å². The summed E-state index contributed by atoms with van der Waals surface area (Å²) in [4.78, 5) is 29.4. The molecule has 2 aliphatic heterocycles. The van der Waals surface area contributed by atoms with Gasteiger partial charge >= 0.3 is 0 Å². The van der Waals surface area contributed by atoms with Gasteiger partial charge in [0.05, 0.1) is 4.90 Å². The average molecular weight is 465 g/mol. The first-order valence-corrected chi connectivity index (χ1v) is 13.2. The van der Waals surface area contributed by atoms with Gasteiger partial charge in [0, 0.05) is 38.7 Å². The molecule has 9 heteroatoms.